The van der Waals surface area contributed by atoms with Crippen LogP contribution in [0.1, 0.15) is 68.4 Å². The number of aromatic amines is 1. The van der Waals surface area contributed by atoms with Crippen LogP contribution in [0.4, 0.5) is 4.79 Å². The number of para-hydroxylation sites is 1. The summed E-state index contributed by atoms with van der Waals surface area (Å²) < 4.78 is 0. The maximum Gasteiger partial charge on any atom is 0.336 e. The Labute approximate surface area is 274 Å². The van der Waals surface area contributed by atoms with Crippen LogP contribution in [0, 0.1) is 5.92 Å². The van der Waals surface area contributed by atoms with E-state index in [1.807, 2.05) is 4.90 Å². The van der Waals surface area contributed by atoms with E-state index in [4.69, 9.17) is 20.4 Å². The van der Waals surface area contributed by atoms with Crippen molar-refractivity contribution in [3.63, 3.8) is 0 Å². The smallest absolute Gasteiger partial charge is 0.336 e. The third-order valence-corrected chi connectivity index (χ3v) is 9.70. The molecule has 0 bridgehead atoms. The first-order valence-corrected chi connectivity index (χ1v) is 16.1. The van der Waals surface area contributed by atoms with Crippen LogP contribution in [-0.4, -0.2) is 98.5 Å². The van der Waals surface area contributed by atoms with E-state index in [1.165, 1.54) is 22.0 Å². The second kappa shape index (κ2) is 15.4. The van der Waals surface area contributed by atoms with Gasteiger partial charge in [-0.15, -0.1) is 0 Å². The number of amides is 2. The summed E-state index contributed by atoms with van der Waals surface area (Å²) in [5.41, 5.74) is 1.32. The molecule has 254 valence electrons. The molecular weight excluding hydrogens is 604 g/mol. The fourth-order valence-corrected chi connectivity index (χ4v) is 7.01. The molecule has 1 aliphatic heterocycles. The molecule has 2 fully saturated rings. The van der Waals surface area contributed by atoms with Gasteiger partial charge in [0.2, 0.25) is 0 Å². The second-order valence-electron chi connectivity index (χ2n) is 13.0. The Bertz CT molecular complexity index is 1510. The Morgan fingerprint density at radius 3 is 2.15 bits per heavy atom. The predicted molar refractivity (Wildman–Crippen MR) is 176 cm³/mol. The number of piperidine rings is 1. The van der Waals surface area contributed by atoms with Gasteiger partial charge in [0.1, 0.15) is 0 Å². The summed E-state index contributed by atoms with van der Waals surface area (Å²) in [6, 6.07) is 19.5. The third-order valence-electron chi connectivity index (χ3n) is 9.70. The monoisotopic (exact) mass is 650 g/mol. The minimum Gasteiger partial charge on any atom is -0.481 e. The number of rotatable bonds is 10. The minimum atomic E-state index is -2.74. The molecule has 1 aromatic heterocycles. The van der Waals surface area contributed by atoms with E-state index < -0.39 is 36.4 Å². The summed E-state index contributed by atoms with van der Waals surface area (Å²) in [5, 5.41) is 38.4. The number of carbonyl (C=O) groups is 4. The lowest BCUT2D eigenvalue weighted by Crippen LogP contribution is -2.48. The standard InChI is InChI=1S/C29H38N4O.C6H8O7/c1-32(2)29(24-10-4-3-5-11-24)16-14-22(15-17-29)19-31-28(34)33-18-8-9-23(21-33)26-20-30-27-13-7-6-12-25(26)27;7-3(8)1-6(13,5(11)12)2-4(9)10/h3-7,10-13,20,22-23,30H,8-9,14-19,21H2,1-2H3,(H,31,34);13H,1-2H2,(H,7,8)(H,9,10)(H,11,12). The molecule has 12 nitrogen and oxygen atoms in total. The number of likely N-dealkylation sites (tertiary alicyclic amines) is 1. The van der Waals surface area contributed by atoms with Gasteiger partial charge in [-0.2, -0.15) is 0 Å². The predicted octanol–water partition coefficient (Wildman–Crippen LogP) is 4.46. The molecule has 1 saturated heterocycles. The number of carbonyl (C=O) groups excluding carboxylic acids is 1. The van der Waals surface area contributed by atoms with Crippen LogP contribution >= 0.6 is 0 Å². The molecule has 1 aliphatic carbocycles. The summed E-state index contributed by atoms with van der Waals surface area (Å²) >= 11 is 0. The van der Waals surface area contributed by atoms with Gasteiger partial charge < -0.3 is 35.6 Å². The lowest BCUT2D eigenvalue weighted by molar-refractivity contribution is -0.170. The number of carboxylic acid groups (broad SMARTS) is 3. The molecule has 6 N–H and O–H groups in total. The van der Waals surface area contributed by atoms with Gasteiger partial charge in [-0.3, -0.25) is 14.5 Å². The van der Waals surface area contributed by atoms with Crippen molar-refractivity contribution in [3.05, 3.63) is 71.9 Å². The molecule has 2 amide bonds. The van der Waals surface area contributed by atoms with Crippen molar-refractivity contribution in [2.45, 2.75) is 68.4 Å². The summed E-state index contributed by atoms with van der Waals surface area (Å²) in [6.07, 6.45) is 6.61. The van der Waals surface area contributed by atoms with Crippen LogP contribution in [0.15, 0.2) is 60.8 Å². The van der Waals surface area contributed by atoms with Gasteiger partial charge in [0.15, 0.2) is 5.60 Å². The fourth-order valence-electron chi connectivity index (χ4n) is 7.01. The largest absolute Gasteiger partial charge is 0.481 e. The highest BCUT2D eigenvalue weighted by Gasteiger charge is 2.41. The van der Waals surface area contributed by atoms with Gasteiger partial charge in [0, 0.05) is 48.2 Å². The van der Waals surface area contributed by atoms with Crippen molar-refractivity contribution in [1.29, 1.82) is 0 Å². The van der Waals surface area contributed by atoms with E-state index in [9.17, 15) is 19.2 Å². The van der Waals surface area contributed by atoms with Crippen molar-refractivity contribution in [1.82, 2.24) is 20.1 Å². The van der Waals surface area contributed by atoms with Crippen molar-refractivity contribution in [3.8, 4) is 0 Å². The summed E-state index contributed by atoms with van der Waals surface area (Å²) in [6.45, 7) is 2.44. The van der Waals surface area contributed by atoms with Crippen LogP contribution in [0.5, 0.6) is 0 Å². The zero-order valence-corrected chi connectivity index (χ0v) is 27.0. The number of urea groups is 1. The van der Waals surface area contributed by atoms with Crippen LogP contribution < -0.4 is 5.32 Å². The number of nitrogens with zero attached hydrogens (tertiary/aromatic N) is 2. The molecule has 0 spiro atoms. The van der Waals surface area contributed by atoms with Gasteiger partial charge in [0.05, 0.1) is 12.8 Å². The molecule has 5 rings (SSSR count). The Morgan fingerprint density at radius 2 is 1.55 bits per heavy atom. The normalized spacial score (nSPS) is 21.5. The number of hydrogen-bond donors (Lipinski definition) is 6. The molecular formula is C35H46N4O8. The van der Waals surface area contributed by atoms with Crippen molar-refractivity contribution >= 4 is 34.8 Å². The van der Waals surface area contributed by atoms with E-state index in [0.29, 0.717) is 11.8 Å². The minimum absolute atomic E-state index is 0.108. The first kappa shape index (κ1) is 35.4. The van der Waals surface area contributed by atoms with Gasteiger partial charge in [-0.25, -0.2) is 9.59 Å². The van der Waals surface area contributed by atoms with E-state index in [0.717, 1.165) is 58.2 Å². The zero-order chi connectivity index (χ0) is 34.2. The highest BCUT2D eigenvalue weighted by molar-refractivity contribution is 5.88. The molecule has 2 heterocycles. The van der Waals surface area contributed by atoms with Crippen LogP contribution in [0.2, 0.25) is 0 Å². The molecule has 1 unspecified atom stereocenters. The van der Waals surface area contributed by atoms with E-state index in [1.54, 1.807) is 0 Å². The van der Waals surface area contributed by atoms with E-state index >= 15 is 0 Å². The summed E-state index contributed by atoms with van der Waals surface area (Å²) in [4.78, 5) is 51.4. The third kappa shape index (κ3) is 8.69. The van der Waals surface area contributed by atoms with E-state index in [2.05, 4.69) is 90.1 Å². The fraction of sp³-hybridized carbons (Fsp3) is 0.486. The number of H-pyrrole nitrogens is 1. The average Bonchev–Trinajstić information content (AvgIpc) is 3.48. The SMILES string of the molecule is CN(C)C1(c2ccccc2)CCC(CNC(=O)N2CCCC(c3c[nH]c4ccccc34)C2)CC1.O=C(O)CC(O)(CC(=O)O)C(=O)O. The van der Waals surface area contributed by atoms with Crippen molar-refractivity contribution in [2.75, 3.05) is 33.7 Å². The highest BCUT2D eigenvalue weighted by Crippen LogP contribution is 2.43. The molecule has 3 aromatic rings. The molecule has 2 aromatic carbocycles. The van der Waals surface area contributed by atoms with Crippen LogP contribution in [-0.2, 0) is 19.9 Å². The summed E-state index contributed by atoms with van der Waals surface area (Å²) in [5.74, 6) is -4.07. The Hall–Kier alpha value is -4.42. The number of fused-ring (bicyclic) bond motifs is 1. The lowest BCUT2D eigenvalue weighted by Gasteiger charge is -2.45. The van der Waals surface area contributed by atoms with Gasteiger partial charge in [-0.05, 0) is 75.7 Å². The van der Waals surface area contributed by atoms with Gasteiger partial charge in [-0.1, -0.05) is 48.5 Å². The van der Waals surface area contributed by atoms with Crippen LogP contribution in [0.25, 0.3) is 10.9 Å². The zero-order valence-electron chi connectivity index (χ0n) is 27.0. The molecule has 1 atom stereocenters. The Balaban J connectivity index is 0.000000328. The van der Waals surface area contributed by atoms with E-state index in [-0.39, 0.29) is 11.6 Å². The Morgan fingerprint density at radius 1 is 0.936 bits per heavy atom. The maximum absolute atomic E-state index is 13.1. The van der Waals surface area contributed by atoms with Gasteiger partial charge in [0.25, 0.3) is 0 Å². The second-order valence-corrected chi connectivity index (χ2v) is 13.0. The molecule has 47 heavy (non-hydrogen) atoms. The Kier molecular flexibility index (Phi) is 11.6. The number of hydrogen-bond acceptors (Lipinski definition) is 6. The summed E-state index contributed by atoms with van der Waals surface area (Å²) in [7, 11) is 4.41. The van der Waals surface area contributed by atoms with Crippen molar-refractivity contribution < 1.29 is 39.6 Å². The topological polar surface area (TPSA) is 183 Å². The number of nitrogens with one attached hydrogen (secondary N) is 2. The first-order chi connectivity index (χ1) is 22.3. The van der Waals surface area contributed by atoms with Gasteiger partial charge >= 0.3 is 23.9 Å². The number of carboxylic acids is 3. The molecule has 12 heteroatoms. The highest BCUT2D eigenvalue weighted by atomic mass is 16.4. The van der Waals surface area contributed by atoms with Crippen LogP contribution in [0.3, 0.4) is 0 Å². The molecule has 2 aliphatic rings. The number of aromatic nitrogens is 1. The quantitative estimate of drug-likeness (QED) is 0.185. The number of benzene rings is 2. The first-order valence-electron chi connectivity index (χ1n) is 16.1. The number of aliphatic carboxylic acids is 3. The van der Waals surface area contributed by atoms with Crippen molar-refractivity contribution in [2.24, 2.45) is 5.92 Å². The average molecular weight is 651 g/mol. The lowest BCUT2D eigenvalue weighted by atomic mass is 9.72. The molecule has 0 radical (unpaired) electrons. The molecule has 1 saturated carbocycles. The maximum atomic E-state index is 13.1. The number of aliphatic hydroxyl groups is 1.